The fraction of sp³-hybridized carbons (Fsp3) is 0.478. The topological polar surface area (TPSA) is 84.8 Å². The maximum atomic E-state index is 13.3. The molecule has 30 heavy (non-hydrogen) atoms. The van der Waals surface area contributed by atoms with Gasteiger partial charge in [0.05, 0.1) is 29.8 Å². The van der Waals surface area contributed by atoms with E-state index in [4.69, 9.17) is 12.2 Å². The van der Waals surface area contributed by atoms with Crippen LogP contribution in [-0.4, -0.2) is 51.6 Å². The number of hydrogen-bond acceptors (Lipinski definition) is 4. The van der Waals surface area contributed by atoms with Crippen LogP contribution in [0.4, 0.5) is 5.69 Å². The van der Waals surface area contributed by atoms with E-state index in [1.165, 1.54) is 0 Å². The molecule has 0 spiro atoms. The molecule has 1 heterocycles. The second-order valence-electron chi connectivity index (χ2n) is 8.72. The molecule has 2 aromatic rings. The van der Waals surface area contributed by atoms with Crippen molar-refractivity contribution in [3.63, 3.8) is 0 Å². The summed E-state index contributed by atoms with van der Waals surface area (Å²) >= 11 is 5.66. The van der Waals surface area contributed by atoms with Gasteiger partial charge in [-0.05, 0) is 42.9 Å². The number of aliphatic hydroxyl groups is 2. The summed E-state index contributed by atoms with van der Waals surface area (Å²) in [4.78, 5) is 15.3. The Balaban J connectivity index is 1.54. The average Bonchev–Trinajstić information content (AvgIpc) is 3.38. The number of rotatable bonds is 3. The van der Waals surface area contributed by atoms with Gasteiger partial charge in [-0.15, -0.1) is 0 Å². The molecular weight excluding hydrogens is 398 g/mol. The van der Waals surface area contributed by atoms with Crippen LogP contribution in [0.15, 0.2) is 42.5 Å². The molecule has 2 aromatic carbocycles. The van der Waals surface area contributed by atoms with Crippen molar-refractivity contribution in [2.24, 2.45) is 5.92 Å². The Morgan fingerprint density at radius 2 is 1.83 bits per heavy atom. The fourth-order valence-electron chi connectivity index (χ4n) is 5.42. The van der Waals surface area contributed by atoms with Crippen molar-refractivity contribution in [3.05, 3.63) is 42.5 Å². The van der Waals surface area contributed by atoms with Gasteiger partial charge >= 0.3 is 0 Å². The molecule has 7 heteroatoms. The van der Waals surface area contributed by atoms with E-state index in [1.54, 1.807) is 0 Å². The number of carbonyl (C=O) groups excluding carboxylic acids is 1. The molecule has 3 fully saturated rings. The first-order valence-electron chi connectivity index (χ1n) is 10.8. The zero-order chi connectivity index (χ0) is 20.8. The molecule has 0 bridgehead atoms. The molecule has 2 saturated carbocycles. The lowest BCUT2D eigenvalue weighted by Gasteiger charge is -2.42. The third-order valence-corrected chi connectivity index (χ3v) is 7.22. The summed E-state index contributed by atoms with van der Waals surface area (Å²) in [6, 6.07) is 13.4. The van der Waals surface area contributed by atoms with Crippen LogP contribution < -0.4 is 15.5 Å². The molecule has 5 atom stereocenters. The highest BCUT2D eigenvalue weighted by Crippen LogP contribution is 2.39. The van der Waals surface area contributed by atoms with Crippen molar-refractivity contribution >= 4 is 39.7 Å². The van der Waals surface area contributed by atoms with Crippen LogP contribution >= 0.6 is 12.2 Å². The second-order valence-corrected chi connectivity index (χ2v) is 9.11. The smallest absolute Gasteiger partial charge is 0.225 e. The van der Waals surface area contributed by atoms with Crippen molar-refractivity contribution in [2.45, 2.75) is 62.4 Å². The molecule has 0 radical (unpaired) electrons. The van der Waals surface area contributed by atoms with E-state index >= 15 is 0 Å². The van der Waals surface area contributed by atoms with E-state index in [-0.39, 0.29) is 24.4 Å². The van der Waals surface area contributed by atoms with Gasteiger partial charge in [0, 0.05) is 11.4 Å². The summed E-state index contributed by atoms with van der Waals surface area (Å²) in [5.41, 5.74) is 0.917. The highest BCUT2D eigenvalue weighted by Gasteiger charge is 2.54. The lowest BCUT2D eigenvalue weighted by atomic mass is 9.77. The molecule has 4 N–H and O–H groups in total. The molecule has 5 rings (SSSR count). The molecule has 0 unspecified atom stereocenters. The molecule has 1 aliphatic heterocycles. The zero-order valence-electron chi connectivity index (χ0n) is 16.7. The summed E-state index contributed by atoms with van der Waals surface area (Å²) < 4.78 is 0. The first kappa shape index (κ1) is 19.7. The van der Waals surface area contributed by atoms with Crippen molar-refractivity contribution in [1.82, 2.24) is 10.6 Å². The Morgan fingerprint density at radius 3 is 2.63 bits per heavy atom. The number of aliphatic hydroxyl groups excluding tert-OH is 2. The maximum absolute atomic E-state index is 13.3. The lowest BCUT2D eigenvalue weighted by molar-refractivity contribution is -0.131. The Morgan fingerprint density at radius 1 is 1.10 bits per heavy atom. The van der Waals surface area contributed by atoms with Gasteiger partial charge in [-0.2, -0.15) is 0 Å². The molecule has 6 nitrogen and oxygen atoms in total. The van der Waals surface area contributed by atoms with Crippen LogP contribution in [0.5, 0.6) is 0 Å². The van der Waals surface area contributed by atoms with Gasteiger partial charge in [0.15, 0.2) is 5.11 Å². The first-order valence-corrected chi connectivity index (χ1v) is 11.2. The van der Waals surface area contributed by atoms with E-state index < -0.39 is 24.2 Å². The van der Waals surface area contributed by atoms with Crippen molar-refractivity contribution in [2.75, 3.05) is 4.90 Å². The SMILES string of the molecule is O=C(NC1CCCC1)[C@@H]1C[C@@H](O)[C@H](O)[C@@H]2NC(=S)N(c3cccc4ccccc34)[C@@H]21. The number of anilines is 1. The summed E-state index contributed by atoms with van der Waals surface area (Å²) in [5, 5.41) is 30.2. The number of fused-ring (bicyclic) bond motifs is 2. The predicted octanol–water partition coefficient (Wildman–Crippen LogP) is 2.07. The quantitative estimate of drug-likeness (QED) is 0.564. The standard InChI is InChI=1S/C23H27N3O3S/c27-18-12-16(22(29)24-14-8-2-3-9-14)20-19(21(18)28)25-23(30)26(20)17-11-5-7-13-6-1-4-10-15(13)17/h1,4-7,10-11,14,16,18-21,27-28H,2-3,8-9,12H2,(H,24,29)(H,25,30)/t16-,18-,19-,20-,21+/m1/s1. The van der Waals surface area contributed by atoms with E-state index in [0.717, 1.165) is 42.1 Å². The summed E-state index contributed by atoms with van der Waals surface area (Å²) in [6.07, 6.45) is 2.54. The van der Waals surface area contributed by atoms with Crippen LogP contribution in [0.25, 0.3) is 10.8 Å². The highest BCUT2D eigenvalue weighted by molar-refractivity contribution is 7.80. The average molecular weight is 426 g/mol. The lowest BCUT2D eigenvalue weighted by Crippen LogP contribution is -2.61. The van der Waals surface area contributed by atoms with Gasteiger partial charge in [-0.3, -0.25) is 4.79 Å². The Kier molecular flexibility index (Phi) is 5.13. The van der Waals surface area contributed by atoms with E-state index in [9.17, 15) is 15.0 Å². The molecule has 3 aliphatic rings. The first-order chi connectivity index (χ1) is 14.5. The summed E-state index contributed by atoms with van der Waals surface area (Å²) in [7, 11) is 0. The zero-order valence-corrected chi connectivity index (χ0v) is 17.5. The molecular formula is C23H27N3O3S. The van der Waals surface area contributed by atoms with Gasteiger partial charge < -0.3 is 25.7 Å². The molecule has 2 aliphatic carbocycles. The van der Waals surface area contributed by atoms with Gasteiger partial charge in [0.25, 0.3) is 0 Å². The van der Waals surface area contributed by atoms with Crippen molar-refractivity contribution in [1.29, 1.82) is 0 Å². The number of hydrogen-bond donors (Lipinski definition) is 4. The highest BCUT2D eigenvalue weighted by atomic mass is 32.1. The van der Waals surface area contributed by atoms with Crippen molar-refractivity contribution in [3.8, 4) is 0 Å². The van der Waals surface area contributed by atoms with Crippen LogP contribution in [0.2, 0.25) is 0 Å². The predicted molar refractivity (Wildman–Crippen MR) is 120 cm³/mol. The molecule has 1 amide bonds. The van der Waals surface area contributed by atoms with Gasteiger partial charge in [0.2, 0.25) is 5.91 Å². The number of thiocarbonyl (C=S) groups is 1. The molecule has 0 aromatic heterocycles. The minimum absolute atomic E-state index is 0.0559. The Hall–Kier alpha value is -2.22. The minimum Gasteiger partial charge on any atom is -0.390 e. The molecule has 1 saturated heterocycles. The number of nitrogens with one attached hydrogen (secondary N) is 2. The number of carbonyl (C=O) groups is 1. The largest absolute Gasteiger partial charge is 0.390 e. The van der Waals surface area contributed by atoms with E-state index in [1.807, 2.05) is 47.4 Å². The second kappa shape index (κ2) is 7.80. The Bertz CT molecular complexity index is 972. The van der Waals surface area contributed by atoms with Gasteiger partial charge in [-0.1, -0.05) is 49.2 Å². The van der Waals surface area contributed by atoms with Crippen LogP contribution in [0.3, 0.4) is 0 Å². The monoisotopic (exact) mass is 425 g/mol. The third-order valence-electron chi connectivity index (χ3n) is 6.91. The minimum atomic E-state index is -0.983. The van der Waals surface area contributed by atoms with Crippen LogP contribution in [-0.2, 0) is 4.79 Å². The van der Waals surface area contributed by atoms with Gasteiger partial charge in [0.1, 0.15) is 6.10 Å². The number of amides is 1. The third kappa shape index (κ3) is 3.25. The Labute approximate surface area is 181 Å². The molecule has 158 valence electrons. The summed E-state index contributed by atoms with van der Waals surface area (Å²) in [5.74, 6) is -0.527. The summed E-state index contributed by atoms with van der Waals surface area (Å²) in [6.45, 7) is 0. The fourth-order valence-corrected chi connectivity index (χ4v) is 5.77. The van der Waals surface area contributed by atoms with Crippen molar-refractivity contribution < 1.29 is 15.0 Å². The van der Waals surface area contributed by atoms with Crippen LogP contribution in [0, 0.1) is 5.92 Å². The van der Waals surface area contributed by atoms with Gasteiger partial charge in [-0.25, -0.2) is 0 Å². The maximum Gasteiger partial charge on any atom is 0.225 e. The van der Waals surface area contributed by atoms with Crippen LogP contribution in [0.1, 0.15) is 32.1 Å². The normalized spacial score (nSPS) is 31.6. The number of nitrogens with zero attached hydrogens (tertiary/aromatic N) is 1. The van der Waals surface area contributed by atoms with E-state index in [2.05, 4.69) is 10.6 Å². The number of benzene rings is 2. The van der Waals surface area contributed by atoms with E-state index in [0.29, 0.717) is 5.11 Å².